The highest BCUT2D eigenvalue weighted by Crippen LogP contribution is 2.29. The van der Waals surface area contributed by atoms with Crippen LogP contribution < -0.4 is 9.64 Å². The van der Waals surface area contributed by atoms with E-state index >= 15 is 0 Å². The van der Waals surface area contributed by atoms with Crippen LogP contribution in [0.2, 0.25) is 0 Å². The van der Waals surface area contributed by atoms with Gasteiger partial charge in [0.25, 0.3) is 0 Å². The lowest BCUT2D eigenvalue weighted by atomic mass is 10.2. The van der Waals surface area contributed by atoms with E-state index in [1.165, 1.54) is 4.90 Å². The molecule has 0 radical (unpaired) electrons. The molecule has 0 fully saturated rings. The number of ether oxygens (including phenoxy) is 1. The third-order valence-corrected chi connectivity index (χ3v) is 2.77. The van der Waals surface area contributed by atoms with Gasteiger partial charge in [-0.2, -0.15) is 0 Å². The number of carboxylic acids is 1. The zero-order valence-electron chi connectivity index (χ0n) is 12.0. The van der Waals surface area contributed by atoms with Gasteiger partial charge in [-0.1, -0.05) is 19.1 Å². The lowest BCUT2D eigenvalue weighted by molar-refractivity contribution is -0.136. The Morgan fingerprint density at radius 3 is 2.50 bits per heavy atom. The van der Waals surface area contributed by atoms with Crippen LogP contribution in [0.5, 0.6) is 5.75 Å². The summed E-state index contributed by atoms with van der Waals surface area (Å²) in [4.78, 5) is 24.4. The fourth-order valence-corrected chi connectivity index (χ4v) is 1.89. The van der Waals surface area contributed by atoms with Crippen LogP contribution in [0.25, 0.3) is 0 Å². The number of benzene rings is 1. The van der Waals surface area contributed by atoms with E-state index in [0.29, 0.717) is 24.5 Å². The van der Waals surface area contributed by atoms with Gasteiger partial charge in [0.1, 0.15) is 5.75 Å². The first-order valence-electron chi connectivity index (χ1n) is 6.84. The zero-order chi connectivity index (χ0) is 15.0. The molecule has 110 valence electrons. The van der Waals surface area contributed by atoms with Crippen LogP contribution in [-0.4, -0.2) is 30.1 Å². The third-order valence-electron chi connectivity index (χ3n) is 2.77. The first kappa shape index (κ1) is 16.0. The highest BCUT2D eigenvalue weighted by Gasteiger charge is 2.19. The monoisotopic (exact) mass is 279 g/mol. The standard InChI is InChI=1S/C15H21NO4/c1-3-7-14(17)16(11-10-15(18)19)12-8-5-6-9-13(12)20-4-2/h5-6,8-9H,3-4,7,10-11H2,1-2H3,(H,18,19). The summed E-state index contributed by atoms with van der Waals surface area (Å²) in [6.45, 7) is 4.43. The zero-order valence-corrected chi connectivity index (χ0v) is 12.0. The molecule has 0 saturated carbocycles. The quantitative estimate of drug-likeness (QED) is 0.794. The van der Waals surface area contributed by atoms with Crippen molar-refractivity contribution < 1.29 is 19.4 Å². The smallest absolute Gasteiger partial charge is 0.305 e. The summed E-state index contributed by atoms with van der Waals surface area (Å²) < 4.78 is 5.51. The molecular weight excluding hydrogens is 258 g/mol. The number of carbonyl (C=O) groups is 2. The Labute approximate surface area is 119 Å². The van der Waals surface area contributed by atoms with Crippen LogP contribution >= 0.6 is 0 Å². The van der Waals surface area contributed by atoms with Gasteiger partial charge in [-0.15, -0.1) is 0 Å². The molecule has 5 nitrogen and oxygen atoms in total. The first-order valence-corrected chi connectivity index (χ1v) is 6.84. The highest BCUT2D eigenvalue weighted by atomic mass is 16.5. The first-order chi connectivity index (χ1) is 9.60. The molecule has 0 atom stereocenters. The molecule has 1 aromatic rings. The number of nitrogens with zero attached hydrogens (tertiary/aromatic N) is 1. The largest absolute Gasteiger partial charge is 0.492 e. The van der Waals surface area contributed by atoms with Gasteiger partial charge in [-0.25, -0.2) is 0 Å². The minimum Gasteiger partial charge on any atom is -0.492 e. The van der Waals surface area contributed by atoms with E-state index in [2.05, 4.69) is 0 Å². The predicted molar refractivity (Wildman–Crippen MR) is 77.1 cm³/mol. The second-order valence-electron chi connectivity index (χ2n) is 4.34. The lowest BCUT2D eigenvalue weighted by Crippen LogP contribution is -2.33. The van der Waals surface area contributed by atoms with Gasteiger partial charge in [-0.05, 0) is 25.5 Å². The second-order valence-corrected chi connectivity index (χ2v) is 4.34. The Morgan fingerprint density at radius 1 is 1.20 bits per heavy atom. The molecule has 1 N–H and O–H groups in total. The molecule has 0 aliphatic carbocycles. The van der Waals surface area contributed by atoms with Gasteiger partial charge in [0.15, 0.2) is 0 Å². The van der Waals surface area contributed by atoms with Crippen LogP contribution in [-0.2, 0) is 9.59 Å². The molecule has 0 aliphatic heterocycles. The van der Waals surface area contributed by atoms with Gasteiger partial charge in [0.2, 0.25) is 5.91 Å². The summed E-state index contributed by atoms with van der Waals surface area (Å²) in [5, 5.41) is 8.82. The number of carbonyl (C=O) groups excluding carboxylic acids is 1. The van der Waals surface area contributed by atoms with Crippen molar-refractivity contribution in [2.24, 2.45) is 0 Å². The Balaban J connectivity index is 3.02. The van der Waals surface area contributed by atoms with Gasteiger partial charge < -0.3 is 14.7 Å². The van der Waals surface area contributed by atoms with Crippen LogP contribution in [0.3, 0.4) is 0 Å². The Kier molecular flexibility index (Phi) is 6.56. The maximum absolute atomic E-state index is 12.2. The topological polar surface area (TPSA) is 66.8 Å². The number of rotatable bonds is 8. The molecule has 5 heteroatoms. The maximum atomic E-state index is 12.2. The van der Waals surface area contributed by atoms with Crippen LogP contribution in [0.4, 0.5) is 5.69 Å². The van der Waals surface area contributed by atoms with E-state index in [-0.39, 0.29) is 18.9 Å². The van der Waals surface area contributed by atoms with Crippen molar-refractivity contribution in [3.05, 3.63) is 24.3 Å². The van der Waals surface area contributed by atoms with Gasteiger partial charge in [0, 0.05) is 13.0 Å². The number of para-hydroxylation sites is 2. The third kappa shape index (κ3) is 4.57. The molecule has 0 heterocycles. The van der Waals surface area contributed by atoms with Crippen molar-refractivity contribution in [1.29, 1.82) is 0 Å². The molecule has 0 spiro atoms. The van der Waals surface area contributed by atoms with E-state index in [1.54, 1.807) is 12.1 Å². The molecule has 0 aliphatic rings. The molecule has 1 rings (SSSR count). The van der Waals surface area contributed by atoms with Crippen molar-refractivity contribution >= 4 is 17.6 Å². The fourth-order valence-electron chi connectivity index (χ4n) is 1.89. The van der Waals surface area contributed by atoms with Gasteiger partial charge in [0.05, 0.1) is 18.7 Å². The molecule has 0 bridgehead atoms. The van der Waals surface area contributed by atoms with E-state index < -0.39 is 5.97 Å². The SMILES string of the molecule is CCCC(=O)N(CCC(=O)O)c1ccccc1OCC. The minimum atomic E-state index is -0.923. The summed E-state index contributed by atoms with van der Waals surface area (Å²) >= 11 is 0. The predicted octanol–water partition coefficient (Wildman–Crippen LogP) is 2.69. The summed E-state index contributed by atoms with van der Waals surface area (Å²) in [5.41, 5.74) is 0.633. The fraction of sp³-hybridized carbons (Fsp3) is 0.467. The normalized spacial score (nSPS) is 10.1. The minimum absolute atomic E-state index is 0.0825. The van der Waals surface area contributed by atoms with Crippen molar-refractivity contribution in [2.45, 2.75) is 33.1 Å². The Bertz CT molecular complexity index is 459. The van der Waals surface area contributed by atoms with E-state index in [9.17, 15) is 9.59 Å². The molecule has 0 aromatic heterocycles. The molecule has 0 saturated heterocycles. The lowest BCUT2D eigenvalue weighted by Gasteiger charge is -2.24. The molecule has 1 amide bonds. The van der Waals surface area contributed by atoms with Crippen molar-refractivity contribution in [1.82, 2.24) is 0 Å². The van der Waals surface area contributed by atoms with Gasteiger partial charge >= 0.3 is 5.97 Å². The van der Waals surface area contributed by atoms with Crippen molar-refractivity contribution in [2.75, 3.05) is 18.1 Å². The highest BCUT2D eigenvalue weighted by molar-refractivity contribution is 5.95. The molecule has 1 aromatic carbocycles. The van der Waals surface area contributed by atoms with Crippen LogP contribution in [0.1, 0.15) is 33.1 Å². The van der Waals surface area contributed by atoms with Crippen molar-refractivity contribution in [3.8, 4) is 5.75 Å². The van der Waals surface area contributed by atoms with E-state index in [1.807, 2.05) is 26.0 Å². The van der Waals surface area contributed by atoms with E-state index in [0.717, 1.165) is 6.42 Å². The van der Waals surface area contributed by atoms with E-state index in [4.69, 9.17) is 9.84 Å². The average Bonchev–Trinajstić information content (AvgIpc) is 2.41. The Morgan fingerprint density at radius 2 is 1.90 bits per heavy atom. The number of hydrogen-bond acceptors (Lipinski definition) is 3. The van der Waals surface area contributed by atoms with Crippen LogP contribution in [0.15, 0.2) is 24.3 Å². The summed E-state index contributed by atoms with van der Waals surface area (Å²) in [6.07, 6.45) is 1.02. The number of aliphatic carboxylic acids is 1. The molecule has 20 heavy (non-hydrogen) atoms. The summed E-state index contributed by atoms with van der Waals surface area (Å²) in [5.74, 6) is -0.404. The summed E-state index contributed by atoms with van der Waals surface area (Å²) in [6, 6.07) is 7.20. The van der Waals surface area contributed by atoms with Crippen molar-refractivity contribution in [3.63, 3.8) is 0 Å². The molecular formula is C15H21NO4. The second kappa shape index (κ2) is 8.19. The number of hydrogen-bond donors (Lipinski definition) is 1. The number of anilines is 1. The van der Waals surface area contributed by atoms with Crippen LogP contribution in [0, 0.1) is 0 Å². The summed E-state index contributed by atoms with van der Waals surface area (Å²) in [7, 11) is 0. The molecule has 0 unspecified atom stereocenters. The maximum Gasteiger partial charge on any atom is 0.305 e. The Hall–Kier alpha value is -2.04. The van der Waals surface area contributed by atoms with Gasteiger partial charge in [-0.3, -0.25) is 9.59 Å². The average molecular weight is 279 g/mol. The number of amides is 1. The number of carboxylic acid groups (broad SMARTS) is 1.